The summed E-state index contributed by atoms with van der Waals surface area (Å²) >= 11 is 0. The highest BCUT2D eigenvalue weighted by molar-refractivity contribution is 5.77. The topological polar surface area (TPSA) is 53.0 Å². The molecule has 0 spiro atoms. The number of benzene rings is 2. The van der Waals surface area contributed by atoms with Crippen LogP contribution in [0.15, 0.2) is 54.6 Å². The molecule has 1 heterocycles. The van der Waals surface area contributed by atoms with Crippen LogP contribution in [0.1, 0.15) is 31.7 Å². The summed E-state index contributed by atoms with van der Waals surface area (Å²) in [6.07, 6.45) is 0.862. The molecule has 5 nitrogen and oxygen atoms in total. The van der Waals surface area contributed by atoms with Gasteiger partial charge in [0.05, 0.1) is 18.7 Å². The minimum Gasteiger partial charge on any atom is -0.495 e. The number of aliphatic carboxylic acids is 1. The van der Waals surface area contributed by atoms with Crippen molar-refractivity contribution >= 4 is 11.7 Å². The van der Waals surface area contributed by atoms with Crippen LogP contribution in [-0.4, -0.2) is 55.3 Å². The maximum Gasteiger partial charge on any atom is 0.312 e. The molecule has 1 fully saturated rings. The number of carbonyl (C=O) groups is 1. The predicted octanol–water partition coefficient (Wildman–Crippen LogP) is 4.10. The number of carboxylic acid groups (broad SMARTS) is 1. The maximum atomic E-state index is 12.3. The van der Waals surface area contributed by atoms with E-state index in [2.05, 4.69) is 29.7 Å². The third-order valence-corrected chi connectivity index (χ3v) is 5.73. The minimum atomic E-state index is -0.742. The van der Waals surface area contributed by atoms with Crippen molar-refractivity contribution in [2.75, 3.05) is 38.2 Å². The zero-order chi connectivity index (χ0) is 20.8. The lowest BCUT2D eigenvalue weighted by atomic mass is 9.85. The van der Waals surface area contributed by atoms with Crippen molar-refractivity contribution in [3.05, 3.63) is 60.2 Å². The number of nitrogens with zero attached hydrogens (tertiary/aromatic N) is 2. The van der Waals surface area contributed by atoms with Gasteiger partial charge in [0.15, 0.2) is 0 Å². The number of carboxylic acids is 1. The normalized spacial score (nSPS) is 17.2. The van der Waals surface area contributed by atoms with E-state index in [1.54, 1.807) is 7.11 Å². The highest BCUT2D eigenvalue weighted by Crippen LogP contribution is 2.32. The smallest absolute Gasteiger partial charge is 0.312 e. The molecule has 1 aliphatic heterocycles. The Morgan fingerprint density at radius 2 is 1.62 bits per heavy atom. The van der Waals surface area contributed by atoms with Gasteiger partial charge in [0.2, 0.25) is 0 Å². The molecule has 1 saturated heterocycles. The average molecular weight is 397 g/mol. The van der Waals surface area contributed by atoms with E-state index in [4.69, 9.17) is 4.74 Å². The van der Waals surface area contributed by atoms with Crippen molar-refractivity contribution in [3.8, 4) is 5.75 Å². The van der Waals surface area contributed by atoms with Crippen LogP contribution in [0.2, 0.25) is 0 Å². The number of rotatable bonds is 8. The van der Waals surface area contributed by atoms with Crippen LogP contribution in [0.25, 0.3) is 0 Å². The number of piperazine rings is 1. The van der Waals surface area contributed by atoms with Crippen LogP contribution in [0.4, 0.5) is 5.69 Å². The highest BCUT2D eigenvalue weighted by atomic mass is 16.5. The van der Waals surface area contributed by atoms with Crippen molar-refractivity contribution in [1.29, 1.82) is 0 Å². The van der Waals surface area contributed by atoms with Gasteiger partial charge in [0, 0.05) is 32.2 Å². The molecule has 0 aromatic heterocycles. The Morgan fingerprint density at radius 3 is 2.21 bits per heavy atom. The van der Waals surface area contributed by atoms with E-state index >= 15 is 0 Å². The molecule has 3 rings (SSSR count). The van der Waals surface area contributed by atoms with E-state index in [9.17, 15) is 9.90 Å². The number of hydrogen-bond donors (Lipinski definition) is 1. The van der Waals surface area contributed by atoms with Crippen LogP contribution in [0.3, 0.4) is 0 Å². The van der Waals surface area contributed by atoms with Gasteiger partial charge < -0.3 is 14.7 Å². The SMILES string of the molecule is COc1ccccc1N1CCN(C(CC(C)C)C(C(=O)O)c2ccccc2)CC1. The van der Waals surface area contributed by atoms with Gasteiger partial charge in [-0.3, -0.25) is 9.69 Å². The Hall–Kier alpha value is -2.53. The molecule has 2 aromatic rings. The summed E-state index contributed by atoms with van der Waals surface area (Å²) in [4.78, 5) is 17.0. The van der Waals surface area contributed by atoms with E-state index in [1.807, 2.05) is 48.5 Å². The zero-order valence-corrected chi connectivity index (χ0v) is 17.6. The van der Waals surface area contributed by atoms with Gasteiger partial charge in [-0.15, -0.1) is 0 Å². The molecule has 29 heavy (non-hydrogen) atoms. The van der Waals surface area contributed by atoms with Crippen LogP contribution in [-0.2, 0) is 4.79 Å². The first-order valence-corrected chi connectivity index (χ1v) is 10.4. The fourth-order valence-corrected chi connectivity index (χ4v) is 4.35. The van der Waals surface area contributed by atoms with Crippen LogP contribution < -0.4 is 9.64 Å². The molecule has 5 heteroatoms. The molecule has 0 saturated carbocycles. The molecule has 0 amide bonds. The standard InChI is InChI=1S/C24H32N2O3/c1-18(2)17-21(23(24(27)28)19-9-5-4-6-10-19)26-15-13-25(14-16-26)20-11-7-8-12-22(20)29-3/h4-12,18,21,23H,13-17H2,1-3H3,(H,27,28). The monoisotopic (exact) mass is 396 g/mol. The molecular formula is C24H32N2O3. The summed E-state index contributed by atoms with van der Waals surface area (Å²) in [6, 6.07) is 17.7. The van der Waals surface area contributed by atoms with Gasteiger partial charge in [0.25, 0.3) is 0 Å². The van der Waals surface area contributed by atoms with Gasteiger partial charge in [-0.1, -0.05) is 56.3 Å². The molecule has 1 aliphatic rings. The maximum absolute atomic E-state index is 12.3. The highest BCUT2D eigenvalue weighted by Gasteiger charge is 2.36. The lowest BCUT2D eigenvalue weighted by Crippen LogP contribution is -2.53. The van der Waals surface area contributed by atoms with E-state index in [-0.39, 0.29) is 6.04 Å². The first-order valence-electron chi connectivity index (χ1n) is 10.4. The second-order valence-corrected chi connectivity index (χ2v) is 8.12. The second-order valence-electron chi connectivity index (χ2n) is 8.12. The lowest BCUT2D eigenvalue weighted by Gasteiger charge is -2.43. The van der Waals surface area contributed by atoms with Crippen molar-refractivity contribution in [1.82, 2.24) is 4.90 Å². The summed E-state index contributed by atoms with van der Waals surface area (Å²) in [7, 11) is 1.70. The van der Waals surface area contributed by atoms with Crippen LogP contribution in [0.5, 0.6) is 5.75 Å². The van der Waals surface area contributed by atoms with E-state index in [0.29, 0.717) is 5.92 Å². The number of methoxy groups -OCH3 is 1. The summed E-state index contributed by atoms with van der Waals surface area (Å²) in [5.74, 6) is 0.0515. The van der Waals surface area contributed by atoms with Gasteiger partial charge >= 0.3 is 5.97 Å². The number of hydrogen-bond acceptors (Lipinski definition) is 4. The van der Waals surface area contributed by atoms with Crippen molar-refractivity contribution in [2.45, 2.75) is 32.2 Å². The molecule has 0 radical (unpaired) electrons. The largest absolute Gasteiger partial charge is 0.495 e. The molecule has 0 bridgehead atoms. The first kappa shape index (κ1) is 21.2. The fraction of sp³-hybridized carbons (Fsp3) is 0.458. The Morgan fingerprint density at radius 1 is 1.00 bits per heavy atom. The molecule has 2 atom stereocenters. The van der Waals surface area contributed by atoms with Gasteiger partial charge in [0.1, 0.15) is 5.75 Å². The number of anilines is 1. The molecular weight excluding hydrogens is 364 g/mol. The van der Waals surface area contributed by atoms with Gasteiger partial charge in [-0.25, -0.2) is 0 Å². The van der Waals surface area contributed by atoms with E-state index in [0.717, 1.165) is 49.6 Å². The van der Waals surface area contributed by atoms with Crippen molar-refractivity contribution in [2.24, 2.45) is 5.92 Å². The Bertz CT molecular complexity index is 786. The molecule has 1 N–H and O–H groups in total. The molecule has 156 valence electrons. The van der Waals surface area contributed by atoms with Gasteiger partial charge in [-0.05, 0) is 30.0 Å². The average Bonchev–Trinajstić information content (AvgIpc) is 2.73. The molecule has 0 aliphatic carbocycles. The fourth-order valence-electron chi connectivity index (χ4n) is 4.35. The van der Waals surface area contributed by atoms with E-state index in [1.165, 1.54) is 0 Å². The van der Waals surface area contributed by atoms with Crippen LogP contribution >= 0.6 is 0 Å². The number of para-hydroxylation sites is 2. The van der Waals surface area contributed by atoms with Crippen LogP contribution in [0, 0.1) is 5.92 Å². The number of ether oxygens (including phenoxy) is 1. The summed E-state index contributed by atoms with van der Waals surface area (Å²) < 4.78 is 5.52. The second kappa shape index (κ2) is 9.79. The summed E-state index contributed by atoms with van der Waals surface area (Å²) in [6.45, 7) is 7.73. The van der Waals surface area contributed by atoms with Gasteiger partial charge in [-0.2, -0.15) is 0 Å². The summed E-state index contributed by atoms with van der Waals surface area (Å²) in [5.41, 5.74) is 1.99. The Kier molecular flexibility index (Phi) is 7.15. The zero-order valence-electron chi connectivity index (χ0n) is 17.6. The van der Waals surface area contributed by atoms with E-state index < -0.39 is 11.9 Å². The summed E-state index contributed by atoms with van der Waals surface area (Å²) in [5, 5.41) is 10.1. The Balaban J connectivity index is 1.79. The third-order valence-electron chi connectivity index (χ3n) is 5.73. The quantitative estimate of drug-likeness (QED) is 0.728. The first-order chi connectivity index (χ1) is 14.0. The predicted molar refractivity (Wildman–Crippen MR) is 117 cm³/mol. The van der Waals surface area contributed by atoms with Crippen molar-refractivity contribution < 1.29 is 14.6 Å². The molecule has 2 aromatic carbocycles. The minimum absolute atomic E-state index is 0.0188. The molecule has 2 unspecified atom stereocenters. The lowest BCUT2D eigenvalue weighted by molar-refractivity contribution is -0.141. The third kappa shape index (κ3) is 5.10. The van der Waals surface area contributed by atoms with Crippen molar-refractivity contribution in [3.63, 3.8) is 0 Å². The Labute approximate surface area is 173 Å².